The first-order valence-electron chi connectivity index (χ1n) is 5.07. The molecule has 0 aromatic carbocycles. The molecule has 0 saturated heterocycles. The van der Waals surface area contributed by atoms with Crippen LogP contribution in [0.5, 0.6) is 0 Å². The SMILES string of the molecule is NC[C@@]1(CC(=O)O)CC[C@H]2C[C@H]2C1. The predicted molar refractivity (Wildman–Crippen MR) is 49.2 cm³/mol. The van der Waals surface area contributed by atoms with E-state index in [1.807, 2.05) is 0 Å². The van der Waals surface area contributed by atoms with Crippen LogP contribution in [0.15, 0.2) is 0 Å². The van der Waals surface area contributed by atoms with E-state index in [9.17, 15) is 4.79 Å². The summed E-state index contributed by atoms with van der Waals surface area (Å²) in [4.78, 5) is 10.7. The standard InChI is InChI=1S/C10H17NO2/c11-6-10(5-9(12)13)2-1-7-3-8(7)4-10/h7-8H,1-6,11H2,(H,12,13)/t7-,8-,10-/m0/s1. The molecule has 0 aromatic rings. The van der Waals surface area contributed by atoms with Crippen molar-refractivity contribution in [2.75, 3.05) is 6.54 Å². The molecule has 13 heavy (non-hydrogen) atoms. The van der Waals surface area contributed by atoms with E-state index in [0.29, 0.717) is 6.54 Å². The Labute approximate surface area is 78.3 Å². The molecule has 2 aliphatic carbocycles. The lowest BCUT2D eigenvalue weighted by atomic mass is 9.72. The molecule has 0 bridgehead atoms. The van der Waals surface area contributed by atoms with E-state index in [1.54, 1.807) is 0 Å². The molecule has 3 heteroatoms. The first-order valence-corrected chi connectivity index (χ1v) is 5.07. The summed E-state index contributed by atoms with van der Waals surface area (Å²) in [6.07, 6.45) is 4.88. The quantitative estimate of drug-likeness (QED) is 0.691. The van der Waals surface area contributed by atoms with Crippen LogP contribution < -0.4 is 5.73 Å². The fourth-order valence-electron chi connectivity index (χ4n) is 2.80. The molecule has 0 unspecified atom stereocenters. The summed E-state index contributed by atoms with van der Waals surface area (Å²) in [5, 5.41) is 8.81. The van der Waals surface area contributed by atoms with Crippen LogP contribution in [0.2, 0.25) is 0 Å². The third-order valence-electron chi connectivity index (χ3n) is 3.77. The van der Waals surface area contributed by atoms with E-state index in [2.05, 4.69) is 0 Å². The molecular weight excluding hydrogens is 166 g/mol. The fourth-order valence-corrected chi connectivity index (χ4v) is 2.80. The monoisotopic (exact) mass is 183 g/mol. The second-order valence-corrected chi connectivity index (χ2v) is 4.77. The summed E-state index contributed by atoms with van der Waals surface area (Å²) < 4.78 is 0. The van der Waals surface area contributed by atoms with Gasteiger partial charge in [-0.1, -0.05) is 0 Å². The molecule has 2 rings (SSSR count). The van der Waals surface area contributed by atoms with Gasteiger partial charge in [-0.15, -0.1) is 0 Å². The zero-order chi connectivity index (χ0) is 9.47. The second kappa shape index (κ2) is 2.98. The molecule has 0 aliphatic heterocycles. The molecule has 0 spiro atoms. The number of hydrogen-bond donors (Lipinski definition) is 2. The average molecular weight is 183 g/mol. The Hall–Kier alpha value is -0.570. The highest BCUT2D eigenvalue weighted by Gasteiger charge is 2.48. The number of rotatable bonds is 3. The normalized spacial score (nSPS) is 42.5. The van der Waals surface area contributed by atoms with E-state index in [-0.39, 0.29) is 11.8 Å². The molecule has 2 saturated carbocycles. The molecule has 74 valence electrons. The van der Waals surface area contributed by atoms with Gasteiger partial charge in [0.2, 0.25) is 0 Å². The lowest BCUT2D eigenvalue weighted by Gasteiger charge is -2.34. The van der Waals surface area contributed by atoms with Gasteiger partial charge in [0, 0.05) is 0 Å². The molecule has 0 heterocycles. The van der Waals surface area contributed by atoms with Crippen molar-refractivity contribution in [3.63, 3.8) is 0 Å². The smallest absolute Gasteiger partial charge is 0.303 e. The van der Waals surface area contributed by atoms with Gasteiger partial charge in [0.15, 0.2) is 0 Å². The topological polar surface area (TPSA) is 63.3 Å². The van der Waals surface area contributed by atoms with Crippen molar-refractivity contribution in [3.05, 3.63) is 0 Å². The summed E-state index contributed by atoms with van der Waals surface area (Å²) in [5.41, 5.74) is 5.64. The summed E-state index contributed by atoms with van der Waals surface area (Å²) in [5.74, 6) is 1.02. The second-order valence-electron chi connectivity index (χ2n) is 4.77. The van der Waals surface area contributed by atoms with Crippen molar-refractivity contribution in [2.24, 2.45) is 23.0 Å². The molecule has 0 aromatic heterocycles. The minimum absolute atomic E-state index is 0.0660. The lowest BCUT2D eigenvalue weighted by Crippen LogP contribution is -2.35. The highest BCUT2D eigenvalue weighted by Crippen LogP contribution is 2.56. The Morgan fingerprint density at radius 1 is 1.54 bits per heavy atom. The molecule has 0 radical (unpaired) electrons. The van der Waals surface area contributed by atoms with E-state index in [1.165, 1.54) is 12.8 Å². The van der Waals surface area contributed by atoms with E-state index in [4.69, 9.17) is 10.8 Å². The van der Waals surface area contributed by atoms with Gasteiger partial charge in [0.05, 0.1) is 6.42 Å². The van der Waals surface area contributed by atoms with Crippen LogP contribution in [-0.4, -0.2) is 17.6 Å². The molecule has 2 fully saturated rings. The van der Waals surface area contributed by atoms with Crippen LogP contribution in [0, 0.1) is 17.3 Å². The summed E-state index contributed by atoms with van der Waals surface area (Å²) >= 11 is 0. The number of hydrogen-bond acceptors (Lipinski definition) is 2. The van der Waals surface area contributed by atoms with Crippen molar-refractivity contribution < 1.29 is 9.90 Å². The van der Waals surface area contributed by atoms with Crippen molar-refractivity contribution in [1.29, 1.82) is 0 Å². The Morgan fingerprint density at radius 3 is 2.85 bits per heavy atom. The van der Waals surface area contributed by atoms with Gasteiger partial charge in [-0.25, -0.2) is 0 Å². The number of carbonyl (C=O) groups is 1. The van der Waals surface area contributed by atoms with Gasteiger partial charge in [-0.05, 0) is 49.5 Å². The van der Waals surface area contributed by atoms with Gasteiger partial charge in [0.1, 0.15) is 0 Å². The summed E-state index contributed by atoms with van der Waals surface area (Å²) in [7, 11) is 0. The van der Waals surface area contributed by atoms with E-state index < -0.39 is 5.97 Å². The number of carboxylic acids is 1. The molecule has 3 atom stereocenters. The fraction of sp³-hybridized carbons (Fsp3) is 0.900. The Bertz CT molecular complexity index is 229. The molecule has 3 nitrogen and oxygen atoms in total. The maximum Gasteiger partial charge on any atom is 0.303 e. The molecule has 0 amide bonds. The van der Waals surface area contributed by atoms with Crippen LogP contribution in [0.25, 0.3) is 0 Å². The number of aliphatic carboxylic acids is 1. The van der Waals surface area contributed by atoms with Crippen molar-refractivity contribution in [1.82, 2.24) is 0 Å². The molecule has 3 N–H and O–H groups in total. The first-order chi connectivity index (χ1) is 6.15. The van der Waals surface area contributed by atoms with Gasteiger partial charge >= 0.3 is 5.97 Å². The van der Waals surface area contributed by atoms with Crippen molar-refractivity contribution in [2.45, 2.75) is 32.1 Å². The lowest BCUT2D eigenvalue weighted by molar-refractivity contribution is -0.140. The van der Waals surface area contributed by atoms with Gasteiger partial charge in [-0.2, -0.15) is 0 Å². The van der Waals surface area contributed by atoms with E-state index in [0.717, 1.165) is 24.7 Å². The minimum atomic E-state index is -0.690. The number of fused-ring (bicyclic) bond motifs is 1. The third kappa shape index (κ3) is 1.70. The minimum Gasteiger partial charge on any atom is -0.481 e. The number of nitrogens with two attached hydrogens (primary N) is 1. The van der Waals surface area contributed by atoms with Crippen LogP contribution in [0.4, 0.5) is 0 Å². The molecule has 2 aliphatic rings. The number of carboxylic acid groups (broad SMARTS) is 1. The highest BCUT2D eigenvalue weighted by molar-refractivity contribution is 5.67. The Balaban J connectivity index is 2.01. The maximum absolute atomic E-state index is 10.7. The van der Waals surface area contributed by atoms with Crippen LogP contribution in [0.3, 0.4) is 0 Å². The van der Waals surface area contributed by atoms with Crippen molar-refractivity contribution >= 4 is 5.97 Å². The average Bonchev–Trinajstić information content (AvgIpc) is 2.81. The summed E-state index contributed by atoms with van der Waals surface area (Å²) in [6, 6.07) is 0. The van der Waals surface area contributed by atoms with Gasteiger partial charge in [-0.3, -0.25) is 4.79 Å². The van der Waals surface area contributed by atoms with Crippen molar-refractivity contribution in [3.8, 4) is 0 Å². The van der Waals surface area contributed by atoms with Crippen LogP contribution in [0.1, 0.15) is 32.1 Å². The first kappa shape index (κ1) is 9.00. The summed E-state index contributed by atoms with van der Waals surface area (Å²) in [6.45, 7) is 0.544. The zero-order valence-electron chi connectivity index (χ0n) is 7.83. The van der Waals surface area contributed by atoms with Gasteiger partial charge in [0.25, 0.3) is 0 Å². The largest absolute Gasteiger partial charge is 0.481 e. The maximum atomic E-state index is 10.7. The predicted octanol–water partition coefficient (Wildman–Crippen LogP) is 1.23. The highest BCUT2D eigenvalue weighted by atomic mass is 16.4. The third-order valence-corrected chi connectivity index (χ3v) is 3.77. The van der Waals surface area contributed by atoms with Gasteiger partial charge < -0.3 is 10.8 Å². The van der Waals surface area contributed by atoms with Crippen LogP contribution in [-0.2, 0) is 4.79 Å². The van der Waals surface area contributed by atoms with Crippen LogP contribution >= 0.6 is 0 Å². The van der Waals surface area contributed by atoms with E-state index >= 15 is 0 Å². The Morgan fingerprint density at radius 2 is 2.31 bits per heavy atom. The zero-order valence-corrected chi connectivity index (χ0v) is 7.83. The molecular formula is C10H17NO2. The Kier molecular flexibility index (Phi) is 2.06.